The molecular formula is C16H23N5O5. The Morgan fingerprint density at radius 3 is 2.65 bits per heavy atom. The summed E-state index contributed by atoms with van der Waals surface area (Å²) in [4.78, 5) is 12.6. The van der Waals surface area contributed by atoms with Crippen molar-refractivity contribution in [1.29, 1.82) is 0 Å². The van der Waals surface area contributed by atoms with Crippen molar-refractivity contribution in [3.05, 3.63) is 24.3 Å². The first-order valence-corrected chi connectivity index (χ1v) is 8.29. The lowest BCUT2D eigenvalue weighted by molar-refractivity contribution is -0.250. The third-order valence-electron chi connectivity index (χ3n) is 4.28. The molecule has 0 aliphatic carbocycles. The zero-order valence-electron chi connectivity index (χ0n) is 14.5. The monoisotopic (exact) mass is 365 g/mol. The number of anilines is 1. The number of nitrogens with one attached hydrogen (secondary N) is 1. The maximum Gasteiger partial charge on any atom is 0.167 e. The molecule has 0 aromatic carbocycles. The van der Waals surface area contributed by atoms with E-state index >= 15 is 0 Å². The molecule has 2 aromatic rings. The second kappa shape index (κ2) is 7.64. The molecule has 1 aliphatic rings. The number of aliphatic hydroxyl groups is 4. The Morgan fingerprint density at radius 2 is 1.96 bits per heavy atom. The molecule has 3 heterocycles. The van der Waals surface area contributed by atoms with E-state index in [4.69, 9.17) is 4.74 Å². The average Bonchev–Trinajstić information content (AvgIpc) is 3.05. The van der Waals surface area contributed by atoms with E-state index < -0.39 is 37.3 Å². The van der Waals surface area contributed by atoms with Gasteiger partial charge in [0, 0.05) is 6.54 Å². The Morgan fingerprint density at radius 1 is 1.19 bits per heavy atom. The number of aliphatic hydroxyl groups excluding tert-OH is 4. The van der Waals surface area contributed by atoms with Gasteiger partial charge >= 0.3 is 0 Å². The van der Waals surface area contributed by atoms with Gasteiger partial charge in [-0.15, -0.1) is 0 Å². The van der Waals surface area contributed by atoms with Gasteiger partial charge in [-0.25, -0.2) is 15.0 Å². The first-order chi connectivity index (χ1) is 12.4. The highest BCUT2D eigenvalue weighted by atomic mass is 16.6. The molecule has 0 saturated carbocycles. The van der Waals surface area contributed by atoms with Crippen molar-refractivity contribution in [2.45, 2.75) is 44.5 Å². The van der Waals surface area contributed by atoms with Crippen LogP contribution in [0.4, 0.5) is 5.82 Å². The number of hydrogen-bond acceptors (Lipinski definition) is 9. The molecule has 2 aromatic heterocycles. The van der Waals surface area contributed by atoms with Gasteiger partial charge in [0.15, 0.2) is 23.2 Å². The molecule has 26 heavy (non-hydrogen) atoms. The van der Waals surface area contributed by atoms with E-state index in [1.165, 1.54) is 17.2 Å². The Bertz CT molecular complexity index is 788. The highest BCUT2D eigenvalue weighted by molar-refractivity contribution is 5.82. The van der Waals surface area contributed by atoms with Gasteiger partial charge in [0.25, 0.3) is 0 Å². The van der Waals surface area contributed by atoms with Crippen molar-refractivity contribution in [1.82, 2.24) is 19.5 Å². The number of rotatable bonds is 5. The largest absolute Gasteiger partial charge is 0.394 e. The molecule has 0 bridgehead atoms. The van der Waals surface area contributed by atoms with Gasteiger partial charge in [-0.05, 0) is 13.8 Å². The minimum Gasteiger partial charge on any atom is -0.394 e. The van der Waals surface area contributed by atoms with Gasteiger partial charge in [0.1, 0.15) is 30.7 Å². The second-order valence-corrected chi connectivity index (χ2v) is 6.43. The van der Waals surface area contributed by atoms with E-state index in [1.54, 1.807) is 0 Å². The standard InChI is InChI=1S/C16H23N5O5/c1-8(2)3-4-17-14-10-15(19-6-18-14)21(7-20-10)16-13(25)12(24)11(23)9(5-22)26-16/h3,6-7,9,11-13,16,22-25H,4-5H2,1-2H3,(H,17,18,19)/t9-,11+,12-,13-,16+/m0/s1. The fraction of sp³-hybridized carbons (Fsp3) is 0.562. The zero-order valence-corrected chi connectivity index (χ0v) is 14.5. The van der Waals surface area contributed by atoms with Gasteiger partial charge in [-0.1, -0.05) is 11.6 Å². The number of nitrogens with zero attached hydrogens (tertiary/aromatic N) is 4. The Hall–Kier alpha value is -2.11. The SMILES string of the molecule is CC(C)=CCNc1ncnc2c1ncn2[C@@H]1O[C@@H](CO)[C@@H](O)[C@H](O)[C@@H]1O. The highest BCUT2D eigenvalue weighted by Gasteiger charge is 2.44. The van der Waals surface area contributed by atoms with Crippen LogP contribution in [0, 0.1) is 0 Å². The van der Waals surface area contributed by atoms with Crippen LogP contribution in [0.2, 0.25) is 0 Å². The van der Waals surface area contributed by atoms with Gasteiger partial charge in [0.2, 0.25) is 0 Å². The lowest BCUT2D eigenvalue weighted by Gasteiger charge is -2.40. The smallest absolute Gasteiger partial charge is 0.167 e. The van der Waals surface area contributed by atoms with Crippen LogP contribution in [0.5, 0.6) is 0 Å². The highest BCUT2D eigenvalue weighted by Crippen LogP contribution is 2.31. The van der Waals surface area contributed by atoms with E-state index in [-0.39, 0.29) is 0 Å². The number of ether oxygens (including phenoxy) is 1. The molecule has 5 N–H and O–H groups in total. The minimum absolute atomic E-state index is 0.393. The molecular weight excluding hydrogens is 342 g/mol. The van der Waals surface area contributed by atoms with Crippen molar-refractivity contribution < 1.29 is 25.2 Å². The van der Waals surface area contributed by atoms with Gasteiger partial charge in [-0.2, -0.15) is 0 Å². The van der Waals surface area contributed by atoms with Crippen LogP contribution in [-0.2, 0) is 4.74 Å². The fourth-order valence-electron chi connectivity index (χ4n) is 2.83. The Balaban J connectivity index is 1.92. The second-order valence-electron chi connectivity index (χ2n) is 6.43. The molecule has 142 valence electrons. The summed E-state index contributed by atoms with van der Waals surface area (Å²) in [5, 5.41) is 42.7. The summed E-state index contributed by atoms with van der Waals surface area (Å²) < 4.78 is 7.01. The predicted molar refractivity (Wildman–Crippen MR) is 92.3 cm³/mol. The van der Waals surface area contributed by atoms with E-state index in [0.29, 0.717) is 23.5 Å². The van der Waals surface area contributed by atoms with Crippen molar-refractivity contribution in [3.63, 3.8) is 0 Å². The fourth-order valence-corrected chi connectivity index (χ4v) is 2.83. The van der Waals surface area contributed by atoms with Crippen molar-refractivity contribution >= 4 is 17.0 Å². The molecule has 1 fully saturated rings. The van der Waals surface area contributed by atoms with Crippen LogP contribution in [0.3, 0.4) is 0 Å². The summed E-state index contributed by atoms with van der Waals surface area (Å²) in [5.41, 5.74) is 2.03. The van der Waals surface area contributed by atoms with Gasteiger partial charge < -0.3 is 30.5 Å². The first kappa shape index (κ1) is 18.7. The van der Waals surface area contributed by atoms with Gasteiger partial charge in [-0.3, -0.25) is 4.57 Å². The number of fused-ring (bicyclic) bond motifs is 1. The quantitative estimate of drug-likeness (QED) is 0.429. The molecule has 0 unspecified atom stereocenters. The van der Waals surface area contributed by atoms with Crippen LogP contribution in [0.25, 0.3) is 11.2 Å². The Kier molecular flexibility index (Phi) is 5.49. The lowest BCUT2D eigenvalue weighted by atomic mass is 9.98. The first-order valence-electron chi connectivity index (χ1n) is 8.29. The number of aromatic nitrogens is 4. The molecule has 5 atom stereocenters. The zero-order chi connectivity index (χ0) is 18.8. The topological polar surface area (TPSA) is 146 Å². The molecule has 0 spiro atoms. The summed E-state index contributed by atoms with van der Waals surface area (Å²) in [7, 11) is 0. The molecule has 10 nitrogen and oxygen atoms in total. The van der Waals surface area contributed by atoms with Crippen LogP contribution in [0.1, 0.15) is 20.1 Å². The number of allylic oxidation sites excluding steroid dienone is 1. The third kappa shape index (κ3) is 3.41. The van der Waals surface area contributed by atoms with Crippen molar-refractivity contribution in [3.8, 4) is 0 Å². The van der Waals surface area contributed by atoms with Crippen LogP contribution >= 0.6 is 0 Å². The summed E-state index contributed by atoms with van der Waals surface area (Å²) in [6, 6.07) is 0. The van der Waals surface area contributed by atoms with Crippen molar-refractivity contribution in [2.75, 3.05) is 18.5 Å². The maximum absolute atomic E-state index is 10.3. The Labute approximate surface area is 149 Å². The van der Waals surface area contributed by atoms with Gasteiger partial charge in [0.05, 0.1) is 12.9 Å². The third-order valence-corrected chi connectivity index (χ3v) is 4.28. The van der Waals surface area contributed by atoms with Crippen LogP contribution in [0.15, 0.2) is 24.3 Å². The van der Waals surface area contributed by atoms with E-state index in [1.807, 2.05) is 19.9 Å². The van der Waals surface area contributed by atoms with E-state index in [0.717, 1.165) is 5.57 Å². The summed E-state index contributed by atoms with van der Waals surface area (Å²) in [6.07, 6.45) is -1.60. The summed E-state index contributed by atoms with van der Waals surface area (Å²) in [5.74, 6) is 0.524. The van der Waals surface area contributed by atoms with Crippen LogP contribution in [-0.4, -0.2) is 77.5 Å². The number of hydrogen-bond donors (Lipinski definition) is 5. The molecule has 1 saturated heterocycles. The molecule has 3 rings (SSSR count). The maximum atomic E-state index is 10.3. The van der Waals surface area contributed by atoms with E-state index in [9.17, 15) is 20.4 Å². The summed E-state index contributed by atoms with van der Waals surface area (Å²) >= 11 is 0. The van der Waals surface area contributed by atoms with Crippen LogP contribution < -0.4 is 5.32 Å². The molecule has 10 heteroatoms. The average molecular weight is 365 g/mol. The lowest BCUT2D eigenvalue weighted by Crippen LogP contribution is -2.56. The normalized spacial score (nSPS) is 28.9. The van der Waals surface area contributed by atoms with E-state index in [2.05, 4.69) is 20.3 Å². The summed E-state index contributed by atoms with van der Waals surface area (Å²) in [6.45, 7) is 4.05. The molecule has 1 aliphatic heterocycles. The predicted octanol–water partition coefficient (Wildman–Crippen LogP) is -0.823. The van der Waals surface area contributed by atoms with Crippen molar-refractivity contribution in [2.24, 2.45) is 0 Å². The molecule has 0 amide bonds. The minimum atomic E-state index is -1.47. The molecule has 0 radical (unpaired) electrons. The number of imidazole rings is 1.